The Labute approximate surface area is 106 Å². The molecule has 0 spiro atoms. The number of thiazole rings is 1. The summed E-state index contributed by atoms with van der Waals surface area (Å²) in [4.78, 5) is 9.94. The molecule has 0 aromatic carbocycles. The largest absolute Gasteiger partial charge is 0.326 e. The van der Waals surface area contributed by atoms with Crippen LogP contribution in [-0.4, -0.2) is 21.1 Å². The van der Waals surface area contributed by atoms with Crippen molar-refractivity contribution in [1.82, 2.24) is 19.9 Å². The topological polar surface area (TPSA) is 42.7 Å². The fraction of sp³-hybridized carbons (Fsp3) is 0.500. The van der Waals surface area contributed by atoms with Crippen molar-refractivity contribution < 1.29 is 0 Å². The third-order valence-electron chi connectivity index (χ3n) is 2.54. The fourth-order valence-electron chi connectivity index (χ4n) is 1.64. The van der Waals surface area contributed by atoms with Gasteiger partial charge in [0.15, 0.2) is 0 Å². The molecule has 0 atom stereocenters. The van der Waals surface area contributed by atoms with Crippen molar-refractivity contribution >= 4 is 11.3 Å². The van der Waals surface area contributed by atoms with Gasteiger partial charge in [0.05, 0.1) is 18.2 Å². The summed E-state index contributed by atoms with van der Waals surface area (Å²) in [6.45, 7) is 8.29. The van der Waals surface area contributed by atoms with Crippen LogP contribution in [0, 0.1) is 0 Å². The van der Waals surface area contributed by atoms with Gasteiger partial charge in [0, 0.05) is 23.7 Å². The molecule has 2 aromatic rings. The SMILES string of the molecule is CCNCc1cnc(-c2cncn2C(C)C)s1. The van der Waals surface area contributed by atoms with Gasteiger partial charge in [-0.25, -0.2) is 9.97 Å². The van der Waals surface area contributed by atoms with E-state index in [4.69, 9.17) is 0 Å². The van der Waals surface area contributed by atoms with E-state index in [0.29, 0.717) is 6.04 Å². The van der Waals surface area contributed by atoms with Crippen LogP contribution in [0.3, 0.4) is 0 Å². The molecule has 92 valence electrons. The Kier molecular flexibility index (Phi) is 3.91. The minimum Gasteiger partial charge on any atom is -0.326 e. The Hall–Kier alpha value is -1.20. The predicted molar refractivity (Wildman–Crippen MR) is 71.1 cm³/mol. The summed E-state index contributed by atoms with van der Waals surface area (Å²) in [7, 11) is 0. The first-order valence-electron chi connectivity index (χ1n) is 5.90. The van der Waals surface area contributed by atoms with Gasteiger partial charge in [-0.2, -0.15) is 0 Å². The number of imidazole rings is 1. The molecule has 0 aliphatic carbocycles. The molecule has 5 heteroatoms. The van der Waals surface area contributed by atoms with Gasteiger partial charge in [-0.3, -0.25) is 0 Å². The van der Waals surface area contributed by atoms with Crippen LogP contribution in [0.25, 0.3) is 10.7 Å². The molecule has 0 unspecified atom stereocenters. The lowest BCUT2D eigenvalue weighted by molar-refractivity contribution is 0.605. The zero-order valence-electron chi connectivity index (χ0n) is 10.5. The van der Waals surface area contributed by atoms with E-state index in [1.54, 1.807) is 11.3 Å². The molecule has 0 bridgehead atoms. The van der Waals surface area contributed by atoms with E-state index in [1.165, 1.54) is 4.88 Å². The zero-order chi connectivity index (χ0) is 12.3. The summed E-state index contributed by atoms with van der Waals surface area (Å²) in [5, 5.41) is 4.35. The standard InChI is InChI=1S/C12H18N4S/c1-4-13-5-10-6-15-12(17-10)11-7-14-8-16(11)9(2)3/h6-9,13H,4-5H2,1-3H3. The van der Waals surface area contributed by atoms with Gasteiger partial charge in [-0.05, 0) is 20.4 Å². The summed E-state index contributed by atoms with van der Waals surface area (Å²) < 4.78 is 2.15. The van der Waals surface area contributed by atoms with Crippen LogP contribution in [0.2, 0.25) is 0 Å². The zero-order valence-corrected chi connectivity index (χ0v) is 11.3. The van der Waals surface area contributed by atoms with Crippen LogP contribution in [0.4, 0.5) is 0 Å². The van der Waals surface area contributed by atoms with Crippen molar-refractivity contribution in [1.29, 1.82) is 0 Å². The van der Waals surface area contributed by atoms with Gasteiger partial charge in [0.25, 0.3) is 0 Å². The molecule has 2 heterocycles. The van der Waals surface area contributed by atoms with Crippen LogP contribution < -0.4 is 5.32 Å². The lowest BCUT2D eigenvalue weighted by Crippen LogP contribution is -2.10. The second-order valence-electron chi connectivity index (χ2n) is 4.19. The molecule has 0 saturated carbocycles. The van der Waals surface area contributed by atoms with Crippen molar-refractivity contribution in [3.8, 4) is 10.7 Å². The molecule has 0 amide bonds. The van der Waals surface area contributed by atoms with E-state index in [0.717, 1.165) is 23.8 Å². The van der Waals surface area contributed by atoms with Crippen LogP contribution in [0.15, 0.2) is 18.7 Å². The van der Waals surface area contributed by atoms with E-state index < -0.39 is 0 Å². The maximum atomic E-state index is 4.47. The highest BCUT2D eigenvalue weighted by Crippen LogP contribution is 2.26. The Morgan fingerprint density at radius 3 is 2.94 bits per heavy atom. The van der Waals surface area contributed by atoms with Gasteiger partial charge >= 0.3 is 0 Å². The van der Waals surface area contributed by atoms with Crippen LogP contribution in [0.5, 0.6) is 0 Å². The van der Waals surface area contributed by atoms with Crippen LogP contribution >= 0.6 is 11.3 Å². The van der Waals surface area contributed by atoms with Crippen LogP contribution in [0.1, 0.15) is 31.7 Å². The summed E-state index contributed by atoms with van der Waals surface area (Å²) in [6.07, 6.45) is 5.70. The number of aromatic nitrogens is 3. The molecular formula is C12H18N4S. The average Bonchev–Trinajstić information content (AvgIpc) is 2.94. The van der Waals surface area contributed by atoms with Gasteiger partial charge in [0.1, 0.15) is 5.01 Å². The number of nitrogens with one attached hydrogen (secondary N) is 1. The highest BCUT2D eigenvalue weighted by molar-refractivity contribution is 7.15. The summed E-state index contributed by atoms with van der Waals surface area (Å²) in [5.74, 6) is 0. The third-order valence-corrected chi connectivity index (χ3v) is 3.56. The highest BCUT2D eigenvalue weighted by Gasteiger charge is 2.11. The Morgan fingerprint density at radius 1 is 1.41 bits per heavy atom. The van der Waals surface area contributed by atoms with E-state index >= 15 is 0 Å². The maximum absolute atomic E-state index is 4.47. The average molecular weight is 250 g/mol. The minimum atomic E-state index is 0.411. The number of hydrogen-bond donors (Lipinski definition) is 1. The van der Waals surface area contributed by atoms with Crippen molar-refractivity contribution in [2.45, 2.75) is 33.4 Å². The molecular weight excluding hydrogens is 232 g/mol. The van der Waals surface area contributed by atoms with Crippen LogP contribution in [-0.2, 0) is 6.54 Å². The molecule has 2 aromatic heterocycles. The van der Waals surface area contributed by atoms with E-state index in [2.05, 4.69) is 40.6 Å². The molecule has 0 saturated heterocycles. The first-order chi connectivity index (χ1) is 8.22. The van der Waals surface area contributed by atoms with Crippen molar-refractivity contribution in [2.24, 2.45) is 0 Å². The highest BCUT2D eigenvalue weighted by atomic mass is 32.1. The van der Waals surface area contributed by atoms with E-state index in [1.807, 2.05) is 18.7 Å². The minimum absolute atomic E-state index is 0.411. The predicted octanol–water partition coefficient (Wildman–Crippen LogP) is 2.70. The lowest BCUT2D eigenvalue weighted by atomic mass is 10.3. The Balaban J connectivity index is 2.21. The molecule has 0 aliphatic rings. The molecule has 0 fully saturated rings. The van der Waals surface area contributed by atoms with Gasteiger partial charge < -0.3 is 9.88 Å². The van der Waals surface area contributed by atoms with Crippen molar-refractivity contribution in [2.75, 3.05) is 6.54 Å². The van der Waals surface area contributed by atoms with Crippen molar-refractivity contribution in [3.05, 3.63) is 23.6 Å². The quantitative estimate of drug-likeness (QED) is 0.887. The second-order valence-corrected chi connectivity index (χ2v) is 5.31. The van der Waals surface area contributed by atoms with Gasteiger partial charge in [-0.15, -0.1) is 11.3 Å². The third kappa shape index (κ3) is 2.73. The monoisotopic (exact) mass is 250 g/mol. The summed E-state index contributed by atoms with van der Waals surface area (Å²) >= 11 is 1.73. The number of hydrogen-bond acceptors (Lipinski definition) is 4. The van der Waals surface area contributed by atoms with E-state index in [9.17, 15) is 0 Å². The summed E-state index contributed by atoms with van der Waals surface area (Å²) in [6, 6.07) is 0.411. The number of rotatable bonds is 5. The molecule has 2 rings (SSSR count). The molecule has 1 N–H and O–H groups in total. The Bertz CT molecular complexity index is 472. The lowest BCUT2D eigenvalue weighted by Gasteiger charge is -2.09. The molecule has 0 aliphatic heterocycles. The molecule has 4 nitrogen and oxygen atoms in total. The van der Waals surface area contributed by atoms with Crippen molar-refractivity contribution in [3.63, 3.8) is 0 Å². The fourth-order valence-corrected chi connectivity index (χ4v) is 2.53. The van der Waals surface area contributed by atoms with E-state index in [-0.39, 0.29) is 0 Å². The first kappa shape index (κ1) is 12.3. The normalized spacial score (nSPS) is 11.3. The van der Waals surface area contributed by atoms with Gasteiger partial charge in [-0.1, -0.05) is 6.92 Å². The maximum Gasteiger partial charge on any atom is 0.141 e. The smallest absolute Gasteiger partial charge is 0.141 e. The first-order valence-corrected chi connectivity index (χ1v) is 6.71. The molecule has 0 radical (unpaired) electrons. The Morgan fingerprint density at radius 2 is 2.24 bits per heavy atom. The molecule has 17 heavy (non-hydrogen) atoms. The van der Waals surface area contributed by atoms with Gasteiger partial charge in [0.2, 0.25) is 0 Å². The number of nitrogens with zero attached hydrogens (tertiary/aromatic N) is 3. The summed E-state index contributed by atoms with van der Waals surface area (Å²) in [5.41, 5.74) is 1.10. The second kappa shape index (κ2) is 5.42.